The Balaban J connectivity index is 1.88. The molecule has 0 saturated carbocycles. The van der Waals surface area contributed by atoms with Gasteiger partial charge < -0.3 is 14.8 Å². The van der Waals surface area contributed by atoms with E-state index in [0.29, 0.717) is 16.3 Å². The Bertz CT molecular complexity index is 852. The van der Waals surface area contributed by atoms with Crippen LogP contribution in [0.1, 0.15) is 24.2 Å². The van der Waals surface area contributed by atoms with Crippen LogP contribution in [-0.2, 0) is 14.3 Å². The summed E-state index contributed by atoms with van der Waals surface area (Å²) >= 11 is 11.8. The van der Waals surface area contributed by atoms with Crippen molar-refractivity contribution >= 4 is 46.5 Å². The van der Waals surface area contributed by atoms with Crippen molar-refractivity contribution in [2.45, 2.75) is 20.0 Å². The van der Waals surface area contributed by atoms with Gasteiger partial charge in [-0.2, -0.15) is 0 Å². The minimum atomic E-state index is -0.960. The van der Waals surface area contributed by atoms with Crippen LogP contribution in [-0.4, -0.2) is 30.4 Å². The van der Waals surface area contributed by atoms with Crippen molar-refractivity contribution in [3.8, 4) is 5.75 Å². The number of nitrogens with one attached hydrogen (secondary N) is 1. The monoisotopic (exact) mass is 409 g/mol. The molecule has 0 saturated heterocycles. The average Bonchev–Trinajstić information content (AvgIpc) is 2.61. The second-order valence-electron chi connectivity index (χ2n) is 5.62. The third-order valence-electron chi connectivity index (χ3n) is 3.40. The second-order valence-corrected chi connectivity index (χ2v) is 6.47. The van der Waals surface area contributed by atoms with Gasteiger partial charge in [-0.1, -0.05) is 23.2 Å². The maximum atomic E-state index is 12.1. The Morgan fingerprint density at radius 1 is 1.07 bits per heavy atom. The zero-order chi connectivity index (χ0) is 20.0. The first-order valence-corrected chi connectivity index (χ1v) is 8.71. The molecule has 6 nitrogen and oxygen atoms in total. The van der Waals surface area contributed by atoms with Crippen LogP contribution in [0.25, 0.3) is 0 Å². The van der Waals surface area contributed by atoms with Crippen molar-refractivity contribution in [1.82, 2.24) is 0 Å². The summed E-state index contributed by atoms with van der Waals surface area (Å²) in [7, 11) is 0. The fourth-order valence-corrected chi connectivity index (χ4v) is 2.54. The Labute approximate surface area is 166 Å². The molecule has 0 fully saturated rings. The maximum Gasteiger partial charge on any atom is 0.347 e. The van der Waals surface area contributed by atoms with Crippen LogP contribution in [0.3, 0.4) is 0 Å². The average molecular weight is 410 g/mol. The number of benzene rings is 2. The zero-order valence-electron chi connectivity index (χ0n) is 14.6. The van der Waals surface area contributed by atoms with Gasteiger partial charge in [-0.05, 0) is 49.4 Å². The Hall–Kier alpha value is -2.57. The van der Waals surface area contributed by atoms with Crippen LogP contribution in [0.15, 0.2) is 42.5 Å². The Morgan fingerprint density at radius 3 is 2.33 bits per heavy atom. The topological polar surface area (TPSA) is 81.7 Å². The quantitative estimate of drug-likeness (QED) is 0.548. The van der Waals surface area contributed by atoms with E-state index in [1.165, 1.54) is 38.1 Å². The number of amides is 1. The molecular formula is C19H17Cl2NO5. The predicted molar refractivity (Wildman–Crippen MR) is 103 cm³/mol. The third-order valence-corrected chi connectivity index (χ3v) is 3.93. The molecule has 2 aromatic rings. The number of rotatable bonds is 7. The number of esters is 1. The van der Waals surface area contributed by atoms with Gasteiger partial charge in [-0.25, -0.2) is 4.79 Å². The van der Waals surface area contributed by atoms with E-state index in [0.717, 1.165) is 0 Å². The van der Waals surface area contributed by atoms with E-state index in [2.05, 4.69) is 5.32 Å². The van der Waals surface area contributed by atoms with Crippen molar-refractivity contribution in [2.24, 2.45) is 0 Å². The van der Waals surface area contributed by atoms with Crippen molar-refractivity contribution in [1.29, 1.82) is 0 Å². The molecule has 0 bridgehead atoms. The number of ether oxygens (including phenoxy) is 2. The van der Waals surface area contributed by atoms with E-state index in [4.69, 9.17) is 32.7 Å². The number of hydrogen-bond donors (Lipinski definition) is 1. The fourth-order valence-electron chi connectivity index (χ4n) is 2.09. The maximum absolute atomic E-state index is 12.1. The molecule has 142 valence electrons. The van der Waals surface area contributed by atoms with E-state index < -0.39 is 18.7 Å². The molecular weight excluding hydrogens is 393 g/mol. The molecule has 1 N–H and O–H groups in total. The number of carbonyl (C=O) groups is 3. The highest BCUT2D eigenvalue weighted by atomic mass is 35.5. The first-order chi connectivity index (χ1) is 12.8. The normalized spacial score (nSPS) is 11.4. The number of ketones is 1. The SMILES string of the molecule is CC(=O)Nc1ccc(C(=O)COC(=O)[C@H](C)Oc2ccc(Cl)cc2Cl)cc1. The largest absolute Gasteiger partial charge is 0.477 e. The van der Waals surface area contributed by atoms with E-state index >= 15 is 0 Å². The standard InChI is InChI=1S/C19H17Cl2NO5/c1-11(27-18-8-5-14(20)9-16(18)21)19(25)26-10-17(24)13-3-6-15(7-4-13)22-12(2)23/h3-9,11H,10H2,1-2H3,(H,22,23)/t11-/m0/s1. The summed E-state index contributed by atoms with van der Waals surface area (Å²) in [6.07, 6.45) is -0.960. The predicted octanol–water partition coefficient (Wildman–Crippen LogP) is 4.15. The third kappa shape index (κ3) is 6.27. The minimum Gasteiger partial charge on any atom is -0.477 e. The zero-order valence-corrected chi connectivity index (χ0v) is 16.1. The molecule has 27 heavy (non-hydrogen) atoms. The molecule has 0 heterocycles. The lowest BCUT2D eigenvalue weighted by Crippen LogP contribution is -2.28. The molecule has 2 aromatic carbocycles. The smallest absolute Gasteiger partial charge is 0.347 e. The minimum absolute atomic E-state index is 0.210. The van der Waals surface area contributed by atoms with Gasteiger partial charge in [-0.15, -0.1) is 0 Å². The van der Waals surface area contributed by atoms with Gasteiger partial charge in [0.2, 0.25) is 5.91 Å². The molecule has 2 rings (SSSR count). The molecule has 1 atom stereocenters. The summed E-state index contributed by atoms with van der Waals surface area (Å²) in [6, 6.07) is 10.9. The van der Waals surface area contributed by atoms with Crippen molar-refractivity contribution in [3.63, 3.8) is 0 Å². The second kappa shape index (κ2) is 9.39. The van der Waals surface area contributed by atoms with Crippen LogP contribution in [0.5, 0.6) is 5.75 Å². The van der Waals surface area contributed by atoms with E-state index in [1.54, 1.807) is 18.2 Å². The van der Waals surface area contributed by atoms with Crippen LogP contribution in [0.2, 0.25) is 10.0 Å². The van der Waals surface area contributed by atoms with Crippen molar-refractivity contribution < 1.29 is 23.9 Å². The number of halogens is 2. The highest BCUT2D eigenvalue weighted by Gasteiger charge is 2.19. The highest BCUT2D eigenvalue weighted by Crippen LogP contribution is 2.28. The van der Waals surface area contributed by atoms with Gasteiger partial charge in [0.25, 0.3) is 0 Å². The van der Waals surface area contributed by atoms with Gasteiger partial charge in [-0.3, -0.25) is 9.59 Å². The Kier molecular flexibility index (Phi) is 7.21. The number of anilines is 1. The van der Waals surface area contributed by atoms with Gasteiger partial charge in [0.05, 0.1) is 5.02 Å². The highest BCUT2D eigenvalue weighted by molar-refractivity contribution is 6.35. The molecule has 0 aromatic heterocycles. The van der Waals surface area contributed by atoms with Crippen LogP contribution < -0.4 is 10.1 Å². The molecule has 0 radical (unpaired) electrons. The van der Waals surface area contributed by atoms with E-state index in [-0.39, 0.29) is 22.5 Å². The number of carbonyl (C=O) groups excluding carboxylic acids is 3. The van der Waals surface area contributed by atoms with Gasteiger partial charge in [0.1, 0.15) is 5.75 Å². The first-order valence-electron chi connectivity index (χ1n) is 7.95. The number of Topliss-reactive ketones (excluding diaryl/α,β-unsaturated/α-hetero) is 1. The van der Waals surface area contributed by atoms with Crippen LogP contribution in [0, 0.1) is 0 Å². The molecule has 0 aliphatic carbocycles. The van der Waals surface area contributed by atoms with E-state index in [1.807, 2.05) is 0 Å². The lowest BCUT2D eigenvalue weighted by Gasteiger charge is -2.15. The molecule has 0 aliphatic rings. The summed E-state index contributed by atoms with van der Waals surface area (Å²) in [6.45, 7) is 2.44. The number of hydrogen-bond acceptors (Lipinski definition) is 5. The van der Waals surface area contributed by atoms with Crippen molar-refractivity contribution in [3.05, 3.63) is 58.1 Å². The molecule has 0 spiro atoms. The van der Waals surface area contributed by atoms with Crippen molar-refractivity contribution in [2.75, 3.05) is 11.9 Å². The molecule has 0 unspecified atom stereocenters. The summed E-state index contributed by atoms with van der Waals surface area (Å²) in [4.78, 5) is 35.1. The summed E-state index contributed by atoms with van der Waals surface area (Å²) < 4.78 is 10.4. The Morgan fingerprint density at radius 2 is 1.74 bits per heavy atom. The lowest BCUT2D eigenvalue weighted by atomic mass is 10.1. The van der Waals surface area contributed by atoms with Gasteiger partial charge in [0.15, 0.2) is 18.5 Å². The van der Waals surface area contributed by atoms with E-state index in [9.17, 15) is 14.4 Å². The first kappa shape index (κ1) is 20.7. The van der Waals surface area contributed by atoms with Crippen LogP contribution >= 0.6 is 23.2 Å². The molecule has 1 amide bonds. The lowest BCUT2D eigenvalue weighted by molar-refractivity contribution is -0.149. The molecule has 0 aliphatic heterocycles. The summed E-state index contributed by atoms with van der Waals surface area (Å²) in [5.74, 6) is -1.01. The van der Waals surface area contributed by atoms with Crippen LogP contribution in [0.4, 0.5) is 5.69 Å². The summed E-state index contributed by atoms with van der Waals surface area (Å²) in [5.41, 5.74) is 0.920. The van der Waals surface area contributed by atoms with Gasteiger partial charge >= 0.3 is 5.97 Å². The fraction of sp³-hybridized carbons (Fsp3) is 0.211. The van der Waals surface area contributed by atoms with Gasteiger partial charge in [0, 0.05) is 23.2 Å². The summed E-state index contributed by atoms with van der Waals surface area (Å²) in [5, 5.41) is 3.30. The molecule has 8 heteroatoms.